The lowest BCUT2D eigenvalue weighted by Crippen LogP contribution is -2.48. The molecule has 1 fully saturated rings. The fraction of sp³-hybridized carbons (Fsp3) is 0.500. The van der Waals surface area contributed by atoms with Gasteiger partial charge >= 0.3 is 0 Å². The molecule has 1 aromatic rings. The molecule has 4 nitrogen and oxygen atoms in total. The van der Waals surface area contributed by atoms with Gasteiger partial charge in [-0.3, -0.25) is 0 Å². The highest BCUT2D eigenvalue weighted by Gasteiger charge is 2.31. The molecule has 1 aliphatic heterocycles. The Morgan fingerprint density at radius 3 is 2.17 bits per heavy atom. The summed E-state index contributed by atoms with van der Waals surface area (Å²) < 4.78 is 32.8. The maximum Gasteiger partial charge on any atom is 0.243 e. The molecule has 0 aliphatic carbocycles. The highest BCUT2D eigenvalue weighted by molar-refractivity contribution is 9.10. The number of halogens is 1. The first-order valence-electron chi connectivity index (χ1n) is 5.81. The van der Waals surface area contributed by atoms with E-state index in [9.17, 15) is 8.42 Å². The van der Waals surface area contributed by atoms with Gasteiger partial charge in [-0.2, -0.15) is 4.31 Å². The standard InChI is InChI=1S/C12H16BrNO3S/c1-9-7-14(8-10(2)17-9)18(15,16)12-5-3-11(13)4-6-12/h3-6,9-10H,7-8H2,1-2H3/t9-,10+. The summed E-state index contributed by atoms with van der Waals surface area (Å²) in [6.45, 7) is 4.59. The average Bonchev–Trinajstić information content (AvgIpc) is 2.28. The van der Waals surface area contributed by atoms with Crippen molar-refractivity contribution in [2.45, 2.75) is 31.0 Å². The fourth-order valence-electron chi connectivity index (χ4n) is 2.08. The van der Waals surface area contributed by atoms with E-state index < -0.39 is 10.0 Å². The smallest absolute Gasteiger partial charge is 0.243 e. The Balaban J connectivity index is 2.28. The normalized spacial score (nSPS) is 26.2. The van der Waals surface area contributed by atoms with Crippen LogP contribution < -0.4 is 0 Å². The van der Waals surface area contributed by atoms with Gasteiger partial charge in [0.25, 0.3) is 0 Å². The number of nitrogens with zero attached hydrogens (tertiary/aromatic N) is 1. The van der Waals surface area contributed by atoms with Crippen molar-refractivity contribution < 1.29 is 13.2 Å². The molecule has 2 atom stereocenters. The van der Waals surface area contributed by atoms with E-state index in [1.165, 1.54) is 4.31 Å². The lowest BCUT2D eigenvalue weighted by molar-refractivity contribution is -0.0440. The molecular formula is C12H16BrNO3S. The van der Waals surface area contributed by atoms with Crippen molar-refractivity contribution >= 4 is 26.0 Å². The summed E-state index contributed by atoms with van der Waals surface area (Å²) in [7, 11) is -3.41. The number of morpholine rings is 1. The average molecular weight is 334 g/mol. The summed E-state index contributed by atoms with van der Waals surface area (Å²) in [6, 6.07) is 6.70. The van der Waals surface area contributed by atoms with Crippen molar-refractivity contribution in [3.63, 3.8) is 0 Å². The zero-order chi connectivity index (χ0) is 13.3. The van der Waals surface area contributed by atoms with E-state index in [0.717, 1.165) is 4.47 Å². The predicted molar refractivity (Wildman–Crippen MR) is 72.9 cm³/mol. The molecule has 0 aromatic heterocycles. The maximum atomic E-state index is 12.4. The Kier molecular flexibility index (Phi) is 4.11. The first kappa shape index (κ1) is 14.0. The summed E-state index contributed by atoms with van der Waals surface area (Å²) in [5.41, 5.74) is 0. The Morgan fingerprint density at radius 2 is 1.67 bits per heavy atom. The molecule has 1 aliphatic rings. The van der Waals surface area contributed by atoms with Gasteiger partial charge in [-0.1, -0.05) is 15.9 Å². The monoisotopic (exact) mass is 333 g/mol. The van der Waals surface area contributed by atoms with Gasteiger partial charge in [0.15, 0.2) is 0 Å². The van der Waals surface area contributed by atoms with E-state index in [-0.39, 0.29) is 12.2 Å². The second-order valence-electron chi connectivity index (χ2n) is 4.53. The Hall–Kier alpha value is -0.430. The minimum Gasteiger partial charge on any atom is -0.373 e. The summed E-state index contributed by atoms with van der Waals surface area (Å²) >= 11 is 3.30. The van der Waals surface area contributed by atoms with Gasteiger partial charge in [0.2, 0.25) is 10.0 Å². The zero-order valence-electron chi connectivity index (χ0n) is 10.3. The predicted octanol–water partition coefficient (Wildman–Crippen LogP) is 2.25. The summed E-state index contributed by atoms with van der Waals surface area (Å²) in [4.78, 5) is 0.326. The lowest BCUT2D eigenvalue weighted by Gasteiger charge is -2.34. The van der Waals surface area contributed by atoms with Crippen LogP contribution in [0.1, 0.15) is 13.8 Å². The molecule has 0 radical (unpaired) electrons. The van der Waals surface area contributed by atoms with Gasteiger partial charge in [0.1, 0.15) is 0 Å². The van der Waals surface area contributed by atoms with Crippen molar-refractivity contribution in [2.24, 2.45) is 0 Å². The Bertz CT molecular complexity index is 505. The van der Waals surface area contributed by atoms with E-state index in [1.54, 1.807) is 24.3 Å². The van der Waals surface area contributed by atoms with Gasteiger partial charge in [0.05, 0.1) is 17.1 Å². The highest BCUT2D eigenvalue weighted by atomic mass is 79.9. The molecule has 0 amide bonds. The van der Waals surface area contributed by atoms with Gasteiger partial charge in [-0.05, 0) is 38.1 Å². The van der Waals surface area contributed by atoms with Crippen LogP contribution in [0.3, 0.4) is 0 Å². The second kappa shape index (κ2) is 5.28. The van der Waals surface area contributed by atoms with Crippen LogP contribution in [0.15, 0.2) is 33.6 Å². The molecule has 6 heteroatoms. The third-order valence-electron chi connectivity index (χ3n) is 2.84. The molecule has 0 unspecified atom stereocenters. The quantitative estimate of drug-likeness (QED) is 0.833. The van der Waals surface area contributed by atoms with Crippen LogP contribution in [0.2, 0.25) is 0 Å². The first-order chi connectivity index (χ1) is 8.39. The van der Waals surface area contributed by atoms with Crippen LogP contribution in [-0.2, 0) is 14.8 Å². The van der Waals surface area contributed by atoms with Gasteiger partial charge in [0, 0.05) is 17.6 Å². The highest BCUT2D eigenvalue weighted by Crippen LogP contribution is 2.22. The third kappa shape index (κ3) is 2.93. The summed E-state index contributed by atoms with van der Waals surface area (Å²) in [5.74, 6) is 0. The molecule has 0 N–H and O–H groups in total. The largest absolute Gasteiger partial charge is 0.373 e. The SMILES string of the molecule is C[C@@H]1CN(S(=O)(=O)c2ccc(Br)cc2)C[C@H](C)O1. The van der Waals surface area contributed by atoms with Crippen molar-refractivity contribution in [2.75, 3.05) is 13.1 Å². The van der Waals surface area contributed by atoms with Crippen LogP contribution >= 0.6 is 15.9 Å². The topological polar surface area (TPSA) is 46.6 Å². The zero-order valence-corrected chi connectivity index (χ0v) is 12.7. The number of ether oxygens (including phenoxy) is 1. The van der Waals surface area contributed by atoms with Crippen molar-refractivity contribution in [3.8, 4) is 0 Å². The summed E-state index contributed by atoms with van der Waals surface area (Å²) in [5, 5.41) is 0. The summed E-state index contributed by atoms with van der Waals surface area (Å²) in [6.07, 6.45) is -0.141. The van der Waals surface area contributed by atoms with E-state index in [0.29, 0.717) is 18.0 Å². The number of rotatable bonds is 2. The molecular weight excluding hydrogens is 318 g/mol. The van der Waals surface area contributed by atoms with Crippen LogP contribution in [0.4, 0.5) is 0 Å². The van der Waals surface area contributed by atoms with Gasteiger partial charge < -0.3 is 4.74 Å². The van der Waals surface area contributed by atoms with Crippen LogP contribution in [-0.4, -0.2) is 38.0 Å². The Morgan fingerprint density at radius 1 is 1.17 bits per heavy atom. The molecule has 0 bridgehead atoms. The molecule has 2 rings (SSSR count). The molecule has 1 saturated heterocycles. The second-order valence-corrected chi connectivity index (χ2v) is 7.39. The van der Waals surface area contributed by atoms with E-state index in [4.69, 9.17) is 4.74 Å². The fourth-order valence-corrected chi connectivity index (χ4v) is 3.94. The number of hydrogen-bond donors (Lipinski definition) is 0. The van der Waals surface area contributed by atoms with Crippen molar-refractivity contribution in [1.82, 2.24) is 4.31 Å². The first-order valence-corrected chi connectivity index (χ1v) is 8.04. The third-order valence-corrected chi connectivity index (χ3v) is 5.21. The van der Waals surface area contributed by atoms with Crippen LogP contribution in [0.5, 0.6) is 0 Å². The molecule has 100 valence electrons. The molecule has 1 heterocycles. The van der Waals surface area contributed by atoms with Gasteiger partial charge in [-0.25, -0.2) is 8.42 Å². The lowest BCUT2D eigenvalue weighted by atomic mass is 10.3. The molecule has 18 heavy (non-hydrogen) atoms. The molecule has 0 spiro atoms. The van der Waals surface area contributed by atoms with Crippen molar-refractivity contribution in [1.29, 1.82) is 0 Å². The number of hydrogen-bond acceptors (Lipinski definition) is 3. The van der Waals surface area contributed by atoms with Gasteiger partial charge in [-0.15, -0.1) is 0 Å². The van der Waals surface area contributed by atoms with Crippen LogP contribution in [0, 0.1) is 0 Å². The van der Waals surface area contributed by atoms with E-state index >= 15 is 0 Å². The van der Waals surface area contributed by atoms with E-state index in [2.05, 4.69) is 15.9 Å². The minimum absolute atomic E-state index is 0.0704. The van der Waals surface area contributed by atoms with Crippen molar-refractivity contribution in [3.05, 3.63) is 28.7 Å². The molecule has 0 saturated carbocycles. The number of sulfonamides is 1. The Labute approximate surface area is 116 Å². The van der Waals surface area contributed by atoms with Crippen LogP contribution in [0.25, 0.3) is 0 Å². The minimum atomic E-state index is -3.41. The maximum absolute atomic E-state index is 12.4. The van der Waals surface area contributed by atoms with E-state index in [1.807, 2.05) is 13.8 Å². The molecule has 1 aromatic carbocycles. The number of benzene rings is 1.